The number of rotatable bonds is 4. The average Bonchev–Trinajstić information content (AvgIpc) is 2.16. The van der Waals surface area contributed by atoms with Crippen LogP contribution in [0.5, 0.6) is 0 Å². The minimum Gasteiger partial charge on any atom is -0.287 e. The third-order valence-electron chi connectivity index (χ3n) is 1.44. The Morgan fingerprint density at radius 3 is 2.43 bits per heavy atom. The van der Waals surface area contributed by atoms with Gasteiger partial charge in [-0.15, -0.1) is 0 Å². The van der Waals surface area contributed by atoms with Crippen LogP contribution in [-0.2, 0) is 14.9 Å². The standard InChI is InChI=1S/C8H10BrNO3S/c1-2-13-10-14(11,12)8-5-3-7(9)4-6-8/h3-6,10H,2H2,1H3. The Balaban J connectivity index is 2.87. The molecule has 1 N–H and O–H groups in total. The molecule has 0 aliphatic rings. The van der Waals surface area contributed by atoms with Gasteiger partial charge in [-0.1, -0.05) is 20.8 Å². The van der Waals surface area contributed by atoms with Gasteiger partial charge >= 0.3 is 0 Å². The van der Waals surface area contributed by atoms with Gasteiger partial charge in [-0.25, -0.2) is 8.42 Å². The van der Waals surface area contributed by atoms with Crippen molar-refractivity contribution in [3.8, 4) is 0 Å². The number of hydrogen-bond donors (Lipinski definition) is 1. The van der Waals surface area contributed by atoms with Gasteiger partial charge in [0.05, 0.1) is 11.5 Å². The molecular formula is C8H10BrNO3S. The highest BCUT2D eigenvalue weighted by atomic mass is 79.9. The van der Waals surface area contributed by atoms with E-state index in [1.807, 2.05) is 4.89 Å². The van der Waals surface area contributed by atoms with Gasteiger partial charge < -0.3 is 0 Å². The Labute approximate surface area is 91.4 Å². The highest BCUT2D eigenvalue weighted by Gasteiger charge is 2.12. The molecule has 0 bridgehead atoms. The SMILES string of the molecule is CCONS(=O)(=O)c1ccc(Br)cc1. The summed E-state index contributed by atoms with van der Waals surface area (Å²) in [5, 5.41) is 0. The molecule has 1 aromatic rings. The molecule has 78 valence electrons. The van der Waals surface area contributed by atoms with Gasteiger partial charge in [0, 0.05) is 4.47 Å². The fourth-order valence-corrected chi connectivity index (χ4v) is 1.93. The molecule has 14 heavy (non-hydrogen) atoms. The van der Waals surface area contributed by atoms with Crippen LogP contribution in [0, 0.1) is 0 Å². The van der Waals surface area contributed by atoms with Crippen molar-refractivity contribution in [3.63, 3.8) is 0 Å². The van der Waals surface area contributed by atoms with Crippen molar-refractivity contribution in [1.82, 2.24) is 4.89 Å². The maximum Gasteiger partial charge on any atom is 0.262 e. The number of nitrogens with one attached hydrogen (secondary N) is 1. The summed E-state index contributed by atoms with van der Waals surface area (Å²) in [6.07, 6.45) is 0. The predicted octanol–water partition coefficient (Wildman–Crippen LogP) is 1.68. The van der Waals surface area contributed by atoms with Crippen LogP contribution in [0.15, 0.2) is 33.6 Å². The molecule has 4 nitrogen and oxygen atoms in total. The van der Waals surface area contributed by atoms with E-state index >= 15 is 0 Å². The first kappa shape index (κ1) is 11.6. The van der Waals surface area contributed by atoms with Crippen LogP contribution < -0.4 is 4.89 Å². The van der Waals surface area contributed by atoms with E-state index < -0.39 is 10.0 Å². The highest BCUT2D eigenvalue weighted by molar-refractivity contribution is 9.10. The second-order valence-electron chi connectivity index (χ2n) is 2.47. The highest BCUT2D eigenvalue weighted by Crippen LogP contribution is 2.14. The molecule has 0 unspecified atom stereocenters. The summed E-state index contributed by atoms with van der Waals surface area (Å²) in [6, 6.07) is 6.29. The third-order valence-corrected chi connectivity index (χ3v) is 3.20. The Bertz CT molecular complexity index is 388. The van der Waals surface area contributed by atoms with Crippen molar-refractivity contribution in [1.29, 1.82) is 0 Å². The zero-order valence-electron chi connectivity index (χ0n) is 7.53. The lowest BCUT2D eigenvalue weighted by Crippen LogP contribution is -2.23. The van der Waals surface area contributed by atoms with Gasteiger partial charge in [0.25, 0.3) is 10.0 Å². The van der Waals surface area contributed by atoms with E-state index in [2.05, 4.69) is 20.8 Å². The van der Waals surface area contributed by atoms with Crippen molar-refractivity contribution in [3.05, 3.63) is 28.7 Å². The third kappa shape index (κ3) is 3.06. The molecule has 0 radical (unpaired) electrons. The lowest BCUT2D eigenvalue weighted by atomic mass is 10.4. The number of hydrogen-bond acceptors (Lipinski definition) is 3. The first-order valence-electron chi connectivity index (χ1n) is 3.95. The fourth-order valence-electron chi connectivity index (χ4n) is 0.798. The quantitative estimate of drug-likeness (QED) is 0.854. The Morgan fingerprint density at radius 1 is 1.36 bits per heavy atom. The van der Waals surface area contributed by atoms with Gasteiger partial charge in [-0.3, -0.25) is 4.84 Å². The van der Waals surface area contributed by atoms with Gasteiger partial charge in [-0.2, -0.15) is 0 Å². The largest absolute Gasteiger partial charge is 0.287 e. The van der Waals surface area contributed by atoms with E-state index in [0.717, 1.165) is 4.47 Å². The van der Waals surface area contributed by atoms with Gasteiger partial charge in [-0.05, 0) is 31.2 Å². The molecule has 0 amide bonds. The predicted molar refractivity (Wildman–Crippen MR) is 56.1 cm³/mol. The summed E-state index contributed by atoms with van der Waals surface area (Å²) in [5.74, 6) is 0. The molecule has 0 atom stereocenters. The van der Waals surface area contributed by atoms with Crippen molar-refractivity contribution in [2.24, 2.45) is 0 Å². The van der Waals surface area contributed by atoms with Gasteiger partial charge in [0.2, 0.25) is 0 Å². The average molecular weight is 280 g/mol. The molecule has 0 aliphatic carbocycles. The number of halogens is 1. The van der Waals surface area contributed by atoms with Gasteiger partial charge in [0.1, 0.15) is 0 Å². The van der Waals surface area contributed by atoms with Crippen LogP contribution in [0.25, 0.3) is 0 Å². The summed E-state index contributed by atoms with van der Waals surface area (Å²) in [6.45, 7) is 1.99. The molecule has 0 saturated heterocycles. The summed E-state index contributed by atoms with van der Waals surface area (Å²) in [7, 11) is -3.53. The first-order valence-corrected chi connectivity index (χ1v) is 6.23. The van der Waals surface area contributed by atoms with E-state index in [4.69, 9.17) is 0 Å². The van der Waals surface area contributed by atoms with E-state index in [0.29, 0.717) is 0 Å². The Hall–Kier alpha value is -0.430. The fraction of sp³-hybridized carbons (Fsp3) is 0.250. The Morgan fingerprint density at radius 2 is 1.93 bits per heavy atom. The summed E-state index contributed by atoms with van der Waals surface area (Å²) < 4.78 is 23.7. The zero-order chi connectivity index (χ0) is 10.6. The zero-order valence-corrected chi connectivity index (χ0v) is 9.93. The van der Waals surface area contributed by atoms with E-state index in [9.17, 15) is 8.42 Å². The second-order valence-corrected chi connectivity index (χ2v) is 5.03. The molecule has 0 heterocycles. The molecule has 0 spiro atoms. The van der Waals surface area contributed by atoms with E-state index in [-0.39, 0.29) is 11.5 Å². The molecule has 0 fully saturated rings. The van der Waals surface area contributed by atoms with Crippen LogP contribution in [0.4, 0.5) is 0 Å². The topological polar surface area (TPSA) is 55.4 Å². The van der Waals surface area contributed by atoms with Crippen LogP contribution in [0.3, 0.4) is 0 Å². The molecule has 6 heteroatoms. The van der Waals surface area contributed by atoms with E-state index in [1.54, 1.807) is 19.1 Å². The maximum atomic E-state index is 11.5. The first-order chi connectivity index (χ1) is 6.56. The monoisotopic (exact) mass is 279 g/mol. The maximum absolute atomic E-state index is 11.5. The van der Waals surface area contributed by atoms with Crippen LogP contribution in [-0.4, -0.2) is 15.0 Å². The lowest BCUT2D eigenvalue weighted by Gasteiger charge is -2.04. The molecule has 1 rings (SSSR count). The second kappa shape index (κ2) is 4.88. The summed E-state index contributed by atoms with van der Waals surface area (Å²) in [5.41, 5.74) is 0. The molecule has 0 aliphatic heterocycles. The van der Waals surface area contributed by atoms with Crippen LogP contribution >= 0.6 is 15.9 Å². The molecule has 0 aromatic heterocycles. The van der Waals surface area contributed by atoms with Crippen LogP contribution in [0.2, 0.25) is 0 Å². The molecular weight excluding hydrogens is 270 g/mol. The minimum absolute atomic E-state index is 0.175. The Kier molecular flexibility index (Phi) is 4.06. The van der Waals surface area contributed by atoms with Crippen LogP contribution in [0.1, 0.15) is 6.92 Å². The summed E-state index contributed by atoms with van der Waals surface area (Å²) >= 11 is 3.22. The number of benzene rings is 1. The molecule has 1 aromatic carbocycles. The van der Waals surface area contributed by atoms with Gasteiger partial charge in [0.15, 0.2) is 0 Å². The number of sulfonamides is 1. The smallest absolute Gasteiger partial charge is 0.262 e. The lowest BCUT2D eigenvalue weighted by molar-refractivity contribution is 0.105. The van der Waals surface area contributed by atoms with Crippen molar-refractivity contribution < 1.29 is 13.3 Å². The van der Waals surface area contributed by atoms with Crippen molar-refractivity contribution in [2.45, 2.75) is 11.8 Å². The van der Waals surface area contributed by atoms with Crippen molar-refractivity contribution >= 4 is 26.0 Å². The van der Waals surface area contributed by atoms with E-state index in [1.165, 1.54) is 12.1 Å². The van der Waals surface area contributed by atoms with Crippen molar-refractivity contribution in [2.75, 3.05) is 6.61 Å². The molecule has 0 saturated carbocycles. The summed E-state index contributed by atoms with van der Waals surface area (Å²) in [4.78, 5) is 6.81. The normalized spacial score (nSPS) is 11.6. The minimum atomic E-state index is -3.53.